The molecule has 0 aliphatic heterocycles. The molecule has 0 saturated heterocycles. The number of ketones is 1. The van der Waals surface area contributed by atoms with Gasteiger partial charge in [0.05, 0.1) is 6.61 Å². The molecule has 0 aromatic rings. The summed E-state index contributed by atoms with van der Waals surface area (Å²) in [7, 11) is 0. The van der Waals surface area contributed by atoms with Gasteiger partial charge >= 0.3 is 11.9 Å². The summed E-state index contributed by atoms with van der Waals surface area (Å²) >= 11 is 0. The van der Waals surface area contributed by atoms with Gasteiger partial charge in [-0.05, 0) is 13.3 Å². The Labute approximate surface area is 164 Å². The molecule has 0 aliphatic rings. The molecule has 0 aliphatic carbocycles. The smallest absolute Gasteiger partial charge is 0.313 e. The first kappa shape index (κ1) is 25.6. The maximum absolute atomic E-state index is 11.8. The van der Waals surface area contributed by atoms with Crippen molar-refractivity contribution in [1.29, 1.82) is 0 Å². The lowest BCUT2D eigenvalue weighted by Gasteiger charge is -2.15. The fraction of sp³-hybridized carbons (Fsp3) is 0.857. The topological polar surface area (TPSA) is 89.9 Å². The van der Waals surface area contributed by atoms with Crippen molar-refractivity contribution in [2.24, 2.45) is 0 Å². The van der Waals surface area contributed by atoms with Crippen molar-refractivity contribution in [2.75, 3.05) is 13.2 Å². The molecule has 0 fully saturated rings. The SMILES string of the molecule is CCCCCCCCCCCCCC(=O)OC(CO)COC(=O)CC(C)=O. The normalized spacial score (nSPS) is 11.8. The summed E-state index contributed by atoms with van der Waals surface area (Å²) in [5.41, 5.74) is 0. The molecule has 0 radical (unpaired) electrons. The van der Waals surface area contributed by atoms with Gasteiger partial charge in [0.15, 0.2) is 6.10 Å². The number of carbonyl (C=O) groups is 3. The lowest BCUT2D eigenvalue weighted by atomic mass is 10.1. The molecule has 0 rings (SSSR count). The first-order valence-electron chi connectivity index (χ1n) is 10.4. The van der Waals surface area contributed by atoms with Gasteiger partial charge in [0, 0.05) is 6.42 Å². The third kappa shape index (κ3) is 17.7. The summed E-state index contributed by atoms with van der Waals surface area (Å²) in [4.78, 5) is 33.8. The minimum Gasteiger partial charge on any atom is -0.461 e. The van der Waals surface area contributed by atoms with Crippen LogP contribution in [0.3, 0.4) is 0 Å². The van der Waals surface area contributed by atoms with Crippen LogP contribution >= 0.6 is 0 Å². The minimum atomic E-state index is -0.874. The van der Waals surface area contributed by atoms with E-state index >= 15 is 0 Å². The highest BCUT2D eigenvalue weighted by molar-refractivity contribution is 5.94. The fourth-order valence-corrected chi connectivity index (χ4v) is 2.74. The van der Waals surface area contributed by atoms with Crippen LogP contribution in [0, 0.1) is 0 Å². The van der Waals surface area contributed by atoms with Crippen LogP contribution in [-0.2, 0) is 23.9 Å². The largest absolute Gasteiger partial charge is 0.461 e. The predicted molar refractivity (Wildman–Crippen MR) is 104 cm³/mol. The second-order valence-electron chi connectivity index (χ2n) is 7.14. The summed E-state index contributed by atoms with van der Waals surface area (Å²) < 4.78 is 9.92. The average molecular weight is 387 g/mol. The first-order valence-corrected chi connectivity index (χ1v) is 10.4. The van der Waals surface area contributed by atoms with Crippen LogP contribution in [0.4, 0.5) is 0 Å². The van der Waals surface area contributed by atoms with E-state index in [4.69, 9.17) is 9.47 Å². The minimum absolute atomic E-state index is 0.230. The zero-order valence-corrected chi connectivity index (χ0v) is 17.2. The maximum atomic E-state index is 11.8. The van der Waals surface area contributed by atoms with E-state index in [9.17, 15) is 19.5 Å². The summed E-state index contributed by atoms with van der Waals surface area (Å²) in [5, 5.41) is 9.19. The third-order valence-corrected chi connectivity index (χ3v) is 4.31. The highest BCUT2D eigenvalue weighted by Crippen LogP contribution is 2.12. The van der Waals surface area contributed by atoms with Crippen LogP contribution in [0.5, 0.6) is 0 Å². The molecule has 0 bridgehead atoms. The van der Waals surface area contributed by atoms with Gasteiger partial charge in [0.1, 0.15) is 18.8 Å². The summed E-state index contributed by atoms with van der Waals surface area (Å²) in [6.07, 6.45) is 12.4. The molecule has 0 heterocycles. The van der Waals surface area contributed by atoms with Gasteiger partial charge in [0.2, 0.25) is 0 Å². The Morgan fingerprint density at radius 3 is 1.81 bits per heavy atom. The number of esters is 2. The van der Waals surface area contributed by atoms with Gasteiger partial charge in [-0.1, -0.05) is 71.1 Å². The first-order chi connectivity index (χ1) is 13.0. The highest BCUT2D eigenvalue weighted by atomic mass is 16.6. The molecule has 158 valence electrons. The number of unbranched alkanes of at least 4 members (excludes halogenated alkanes) is 10. The molecule has 6 nitrogen and oxygen atoms in total. The zero-order valence-electron chi connectivity index (χ0n) is 17.2. The molecular weight excluding hydrogens is 348 g/mol. The number of aliphatic hydroxyl groups is 1. The van der Waals surface area contributed by atoms with Crippen LogP contribution in [0.15, 0.2) is 0 Å². The van der Waals surface area contributed by atoms with Crippen LogP contribution in [0.2, 0.25) is 0 Å². The standard InChI is InChI=1S/C21H38O6/c1-3-4-5-6-7-8-9-10-11-12-13-14-20(24)27-19(16-22)17-26-21(25)15-18(2)23/h19,22H,3-17H2,1-2H3. The second-order valence-corrected chi connectivity index (χ2v) is 7.14. The molecule has 0 saturated carbocycles. The number of hydrogen-bond acceptors (Lipinski definition) is 6. The summed E-state index contributed by atoms with van der Waals surface area (Å²) in [6, 6.07) is 0. The Hall–Kier alpha value is -1.43. The van der Waals surface area contributed by atoms with E-state index in [0.717, 1.165) is 19.3 Å². The van der Waals surface area contributed by atoms with Crippen LogP contribution in [0.1, 0.15) is 97.3 Å². The van der Waals surface area contributed by atoms with Crippen molar-refractivity contribution >= 4 is 17.7 Å². The van der Waals surface area contributed by atoms with Crippen molar-refractivity contribution < 1.29 is 29.0 Å². The Kier molecular flexibility index (Phi) is 17.0. The van der Waals surface area contributed by atoms with Crippen LogP contribution in [0.25, 0.3) is 0 Å². The van der Waals surface area contributed by atoms with Crippen molar-refractivity contribution in [3.8, 4) is 0 Å². The monoisotopic (exact) mass is 386 g/mol. The van der Waals surface area contributed by atoms with Gasteiger partial charge in [-0.25, -0.2) is 0 Å². The van der Waals surface area contributed by atoms with Gasteiger partial charge in [-0.3, -0.25) is 14.4 Å². The molecule has 0 amide bonds. The Morgan fingerprint density at radius 2 is 1.33 bits per heavy atom. The van der Waals surface area contributed by atoms with Crippen LogP contribution < -0.4 is 0 Å². The quantitative estimate of drug-likeness (QED) is 0.217. The van der Waals surface area contributed by atoms with Gasteiger partial charge < -0.3 is 14.6 Å². The van der Waals surface area contributed by atoms with Crippen molar-refractivity contribution in [3.05, 3.63) is 0 Å². The molecule has 1 atom stereocenters. The zero-order chi connectivity index (χ0) is 20.3. The average Bonchev–Trinajstić information content (AvgIpc) is 2.62. The van der Waals surface area contributed by atoms with Crippen molar-refractivity contribution in [1.82, 2.24) is 0 Å². The summed E-state index contributed by atoms with van der Waals surface area (Å²) in [5.74, 6) is -1.37. The number of rotatable bonds is 18. The maximum Gasteiger partial charge on any atom is 0.313 e. The molecule has 0 aromatic heterocycles. The van der Waals surface area contributed by atoms with Gasteiger partial charge in [-0.2, -0.15) is 0 Å². The third-order valence-electron chi connectivity index (χ3n) is 4.31. The molecule has 6 heteroatoms. The van der Waals surface area contributed by atoms with Crippen LogP contribution in [-0.4, -0.2) is 42.1 Å². The van der Waals surface area contributed by atoms with E-state index in [2.05, 4.69) is 6.92 Å². The van der Waals surface area contributed by atoms with Crippen molar-refractivity contribution in [3.63, 3.8) is 0 Å². The molecule has 0 aromatic carbocycles. The molecule has 1 N–H and O–H groups in total. The van der Waals surface area contributed by atoms with E-state index in [1.165, 1.54) is 58.3 Å². The Morgan fingerprint density at radius 1 is 0.815 bits per heavy atom. The number of aliphatic hydroxyl groups excluding tert-OH is 1. The van der Waals surface area contributed by atoms with E-state index in [-0.39, 0.29) is 18.8 Å². The molecule has 1 unspecified atom stereocenters. The van der Waals surface area contributed by atoms with Gasteiger partial charge in [0.25, 0.3) is 0 Å². The molecule has 0 spiro atoms. The lowest BCUT2D eigenvalue weighted by Crippen LogP contribution is -2.28. The van der Waals surface area contributed by atoms with E-state index in [1.54, 1.807) is 0 Å². The molecular formula is C21H38O6. The van der Waals surface area contributed by atoms with Crippen molar-refractivity contribution in [2.45, 2.75) is 103 Å². The molecule has 27 heavy (non-hydrogen) atoms. The van der Waals surface area contributed by atoms with E-state index in [0.29, 0.717) is 6.42 Å². The Balaban J connectivity index is 3.60. The second kappa shape index (κ2) is 18.0. The number of carbonyl (C=O) groups excluding carboxylic acids is 3. The van der Waals surface area contributed by atoms with Gasteiger partial charge in [-0.15, -0.1) is 0 Å². The predicted octanol–water partition coefficient (Wildman–Crippen LogP) is 4.11. The lowest BCUT2D eigenvalue weighted by molar-refractivity contribution is -0.162. The van der Waals surface area contributed by atoms with E-state index < -0.39 is 24.6 Å². The summed E-state index contributed by atoms with van der Waals surface area (Å²) in [6.45, 7) is 2.87. The number of hydrogen-bond donors (Lipinski definition) is 1. The number of ether oxygens (including phenoxy) is 2. The highest BCUT2D eigenvalue weighted by Gasteiger charge is 2.16. The van der Waals surface area contributed by atoms with E-state index in [1.807, 2.05) is 0 Å². The Bertz CT molecular complexity index is 407. The fourth-order valence-electron chi connectivity index (χ4n) is 2.74. The number of Topliss-reactive ketones (excluding diaryl/α,β-unsaturated/α-hetero) is 1.